The number of nitrogens with one attached hydrogen (secondary N) is 2. The van der Waals surface area contributed by atoms with Crippen LogP contribution in [-0.4, -0.2) is 57.0 Å². The van der Waals surface area contributed by atoms with E-state index >= 15 is 0 Å². The second-order valence-electron chi connectivity index (χ2n) is 10.9. The number of benzene rings is 1. The largest absolute Gasteiger partial charge is 0.508 e. The van der Waals surface area contributed by atoms with Crippen LogP contribution in [0.5, 0.6) is 5.75 Å². The van der Waals surface area contributed by atoms with Gasteiger partial charge in [0.25, 0.3) is 0 Å². The Hall–Kier alpha value is -3.30. The molecule has 4 amide bonds. The molecular weight excluding hydrogens is 464 g/mol. The van der Waals surface area contributed by atoms with E-state index < -0.39 is 53.5 Å². The average molecular weight is 507 g/mol. The van der Waals surface area contributed by atoms with E-state index in [2.05, 4.69) is 10.6 Å². The van der Waals surface area contributed by atoms with Crippen molar-refractivity contribution in [2.75, 3.05) is 0 Å². The van der Waals surface area contributed by atoms with Gasteiger partial charge in [-0.1, -0.05) is 25.5 Å². The molecule has 0 bridgehead atoms. The van der Waals surface area contributed by atoms with Gasteiger partial charge in [-0.05, 0) is 72.6 Å². The molecule has 0 saturated heterocycles. The number of nitrogens with two attached hydrogens (primary N) is 1. The average Bonchev–Trinajstić information content (AvgIpc) is 2.68. The number of alkyl carbamates (subject to hydrolysis) is 1. The summed E-state index contributed by atoms with van der Waals surface area (Å²) in [4.78, 5) is 53.2. The van der Waals surface area contributed by atoms with E-state index in [1.54, 1.807) is 53.7 Å². The summed E-state index contributed by atoms with van der Waals surface area (Å²) in [5.41, 5.74) is 3.99. The van der Waals surface area contributed by atoms with Gasteiger partial charge >= 0.3 is 6.09 Å². The number of ether oxygens (including phenoxy) is 1. The Morgan fingerprint density at radius 2 is 1.69 bits per heavy atom. The third kappa shape index (κ3) is 9.75. The van der Waals surface area contributed by atoms with E-state index in [1.807, 2.05) is 13.8 Å². The Labute approximate surface area is 213 Å². The number of rotatable bonds is 10. The highest BCUT2D eigenvalue weighted by Crippen LogP contribution is 2.32. The summed E-state index contributed by atoms with van der Waals surface area (Å²) in [5, 5.41) is 15.5. The van der Waals surface area contributed by atoms with Crippen molar-refractivity contribution in [2.45, 2.75) is 104 Å². The molecule has 36 heavy (non-hydrogen) atoms. The van der Waals surface area contributed by atoms with Gasteiger partial charge in [-0.25, -0.2) is 4.79 Å². The Kier molecular flexibility index (Phi) is 10.8. The van der Waals surface area contributed by atoms with Crippen LogP contribution in [0.1, 0.15) is 86.3 Å². The maximum Gasteiger partial charge on any atom is 0.408 e. The first-order chi connectivity index (χ1) is 16.5. The molecule has 202 valence electrons. The number of phenolic OH excluding ortho intramolecular Hbond substituents is 1. The zero-order chi connectivity index (χ0) is 27.8. The topological polar surface area (TPSA) is 151 Å². The minimum absolute atomic E-state index is 0.0752. The summed E-state index contributed by atoms with van der Waals surface area (Å²) in [6.07, 6.45) is 0.184. The molecule has 1 aromatic carbocycles. The first kappa shape index (κ1) is 30.7. The molecule has 0 radical (unpaired) electrons. The van der Waals surface area contributed by atoms with E-state index in [1.165, 1.54) is 17.0 Å². The summed E-state index contributed by atoms with van der Waals surface area (Å²) in [5.74, 6) is -2.04. The first-order valence-electron chi connectivity index (χ1n) is 12.2. The number of primary amides is 1. The molecule has 0 saturated carbocycles. The Morgan fingerprint density at radius 1 is 1.08 bits per heavy atom. The van der Waals surface area contributed by atoms with Crippen LogP contribution in [0, 0.1) is 0 Å². The minimum Gasteiger partial charge on any atom is -0.508 e. The number of aromatic hydroxyl groups is 1. The van der Waals surface area contributed by atoms with E-state index in [0.29, 0.717) is 5.56 Å². The summed E-state index contributed by atoms with van der Waals surface area (Å²) in [6, 6.07) is 3.36. The second kappa shape index (κ2) is 12.6. The van der Waals surface area contributed by atoms with Gasteiger partial charge in [-0.3, -0.25) is 14.4 Å². The smallest absolute Gasteiger partial charge is 0.408 e. The third-order valence-electron chi connectivity index (χ3n) is 5.16. The van der Waals surface area contributed by atoms with Crippen molar-refractivity contribution < 1.29 is 29.0 Å². The van der Waals surface area contributed by atoms with Crippen molar-refractivity contribution in [3.63, 3.8) is 0 Å². The lowest BCUT2D eigenvalue weighted by Gasteiger charge is -2.43. The number of hydrogen-bond acceptors (Lipinski definition) is 6. The third-order valence-corrected chi connectivity index (χ3v) is 5.16. The molecule has 3 unspecified atom stereocenters. The molecular formula is C26H42N4O6. The molecule has 0 aromatic heterocycles. The molecule has 5 N–H and O–H groups in total. The van der Waals surface area contributed by atoms with E-state index in [9.17, 15) is 24.3 Å². The van der Waals surface area contributed by atoms with E-state index in [0.717, 1.165) is 12.8 Å². The molecule has 1 aromatic rings. The maximum atomic E-state index is 13.9. The highest BCUT2D eigenvalue weighted by atomic mass is 16.6. The van der Waals surface area contributed by atoms with Gasteiger partial charge in [0.2, 0.25) is 17.7 Å². The predicted octanol–water partition coefficient (Wildman–Crippen LogP) is 3.13. The first-order valence-corrected chi connectivity index (χ1v) is 12.2. The second-order valence-corrected chi connectivity index (χ2v) is 10.9. The molecule has 0 aliphatic heterocycles. The normalized spacial score (nSPS) is 14.2. The Balaban J connectivity index is 3.58. The van der Waals surface area contributed by atoms with E-state index in [4.69, 9.17) is 10.5 Å². The zero-order valence-electron chi connectivity index (χ0n) is 22.7. The molecule has 10 nitrogen and oxygen atoms in total. The van der Waals surface area contributed by atoms with Crippen LogP contribution < -0.4 is 16.4 Å². The van der Waals surface area contributed by atoms with Crippen LogP contribution in [0.4, 0.5) is 4.79 Å². The monoisotopic (exact) mass is 506 g/mol. The molecule has 3 atom stereocenters. The Bertz CT molecular complexity index is 935. The van der Waals surface area contributed by atoms with E-state index in [-0.39, 0.29) is 11.8 Å². The summed E-state index contributed by atoms with van der Waals surface area (Å²) < 4.78 is 5.27. The number of amides is 4. The fourth-order valence-electron chi connectivity index (χ4n) is 3.80. The molecule has 1 rings (SSSR count). The molecule has 0 spiro atoms. The summed E-state index contributed by atoms with van der Waals surface area (Å²) in [7, 11) is 0. The van der Waals surface area contributed by atoms with Crippen LogP contribution >= 0.6 is 0 Å². The van der Waals surface area contributed by atoms with Crippen molar-refractivity contribution in [3.8, 4) is 5.75 Å². The number of hydrogen-bond donors (Lipinski definition) is 4. The van der Waals surface area contributed by atoms with Gasteiger partial charge in [0.1, 0.15) is 23.4 Å². The van der Waals surface area contributed by atoms with Crippen molar-refractivity contribution in [3.05, 3.63) is 29.8 Å². The lowest BCUT2D eigenvalue weighted by Crippen LogP contribution is -2.59. The van der Waals surface area contributed by atoms with Crippen LogP contribution in [0.15, 0.2) is 24.3 Å². The number of nitrogens with zero attached hydrogens (tertiary/aromatic N) is 1. The standard InChI is InChI=1S/C26H42N4O6/c1-9-11-16(2)28-22(33)21(17-12-10-13-18(31)14-17)30(25(3,4)5)23(34)19(15-20(27)32)29-24(35)36-26(6,7)8/h10,12-14,16,19,21,31H,9,11,15H2,1-8H3,(H2,27,32)(H,28,33)(H,29,35). The summed E-state index contributed by atoms with van der Waals surface area (Å²) >= 11 is 0. The lowest BCUT2D eigenvalue weighted by molar-refractivity contribution is -0.149. The molecule has 0 aliphatic carbocycles. The number of phenols is 1. The molecule has 0 fully saturated rings. The van der Waals surface area contributed by atoms with Crippen LogP contribution in [0.2, 0.25) is 0 Å². The quantitative estimate of drug-likeness (QED) is 0.383. The fraction of sp³-hybridized carbons (Fsp3) is 0.615. The highest BCUT2D eigenvalue weighted by Gasteiger charge is 2.42. The zero-order valence-corrected chi connectivity index (χ0v) is 22.7. The number of carbonyl (C=O) groups excluding carboxylic acids is 4. The highest BCUT2D eigenvalue weighted by molar-refractivity contribution is 5.95. The van der Waals surface area contributed by atoms with Gasteiger partial charge in [0.05, 0.1) is 6.42 Å². The van der Waals surface area contributed by atoms with Gasteiger partial charge in [0, 0.05) is 11.6 Å². The molecule has 10 heteroatoms. The molecule has 0 aliphatic rings. The van der Waals surface area contributed by atoms with Crippen molar-refractivity contribution in [1.29, 1.82) is 0 Å². The van der Waals surface area contributed by atoms with Crippen molar-refractivity contribution in [1.82, 2.24) is 15.5 Å². The van der Waals surface area contributed by atoms with Gasteiger partial charge in [0.15, 0.2) is 0 Å². The van der Waals surface area contributed by atoms with Gasteiger partial charge in [-0.2, -0.15) is 0 Å². The van der Waals surface area contributed by atoms with Crippen LogP contribution in [0.25, 0.3) is 0 Å². The van der Waals surface area contributed by atoms with Crippen LogP contribution in [0.3, 0.4) is 0 Å². The Morgan fingerprint density at radius 3 is 2.17 bits per heavy atom. The fourth-order valence-corrected chi connectivity index (χ4v) is 3.80. The van der Waals surface area contributed by atoms with Crippen molar-refractivity contribution in [2.24, 2.45) is 5.73 Å². The van der Waals surface area contributed by atoms with Crippen LogP contribution in [-0.2, 0) is 19.1 Å². The lowest BCUT2D eigenvalue weighted by atomic mass is 9.94. The predicted molar refractivity (Wildman–Crippen MR) is 137 cm³/mol. The SMILES string of the molecule is CCCC(C)NC(=O)C(c1cccc(O)c1)N(C(=O)C(CC(N)=O)NC(=O)OC(C)(C)C)C(C)(C)C. The van der Waals surface area contributed by atoms with Gasteiger partial charge < -0.3 is 31.1 Å². The maximum absolute atomic E-state index is 13.9. The minimum atomic E-state index is -1.38. The number of carbonyl (C=O) groups is 4. The summed E-state index contributed by atoms with van der Waals surface area (Å²) in [6.45, 7) is 14.1. The molecule has 0 heterocycles. The van der Waals surface area contributed by atoms with Gasteiger partial charge in [-0.15, -0.1) is 0 Å². The van der Waals surface area contributed by atoms with Crippen molar-refractivity contribution >= 4 is 23.8 Å².